The number of carbonyl (C=O) groups is 2. The molecule has 0 unspecified atom stereocenters. The summed E-state index contributed by atoms with van der Waals surface area (Å²) in [6.45, 7) is 5.30. The van der Waals surface area contributed by atoms with Crippen molar-refractivity contribution in [1.29, 1.82) is 0 Å². The fourth-order valence-electron chi connectivity index (χ4n) is 1.37. The predicted octanol–water partition coefficient (Wildman–Crippen LogP) is 2.41. The first-order chi connectivity index (χ1) is 7.77. The third kappa shape index (κ3) is 2.84. The van der Waals surface area contributed by atoms with Gasteiger partial charge >= 0.3 is 5.97 Å². The Morgan fingerprint density at radius 1 is 1.24 bits per heavy atom. The number of benzene rings is 1. The Balaban J connectivity index is 3.15. The van der Waals surface area contributed by atoms with Crippen LogP contribution in [-0.4, -0.2) is 24.0 Å². The molecule has 92 valence electrons. The molecule has 1 N–H and O–H groups in total. The maximum absolute atomic E-state index is 12.0. The number of phenolic OH excluding ortho intramolecular Hbond substituents is 1. The second-order valence-electron chi connectivity index (χ2n) is 4.80. The van der Waals surface area contributed by atoms with E-state index in [-0.39, 0.29) is 22.7 Å². The molecule has 0 aliphatic heterocycles. The molecule has 1 aromatic carbocycles. The molecule has 0 atom stereocenters. The topological polar surface area (TPSA) is 63.6 Å². The van der Waals surface area contributed by atoms with E-state index in [1.807, 2.05) is 0 Å². The maximum Gasteiger partial charge on any atom is 0.337 e. The van der Waals surface area contributed by atoms with E-state index in [1.165, 1.54) is 25.3 Å². The highest BCUT2D eigenvalue weighted by molar-refractivity contribution is 6.03. The molecule has 1 rings (SSSR count). The van der Waals surface area contributed by atoms with Crippen LogP contribution < -0.4 is 0 Å². The van der Waals surface area contributed by atoms with E-state index in [0.717, 1.165) is 0 Å². The number of esters is 1. The lowest BCUT2D eigenvalue weighted by Crippen LogP contribution is -2.20. The Hall–Kier alpha value is -1.84. The summed E-state index contributed by atoms with van der Waals surface area (Å²) in [5.41, 5.74) is -0.148. The Bertz CT molecular complexity index is 455. The number of ether oxygens (including phenoxy) is 1. The van der Waals surface area contributed by atoms with Crippen molar-refractivity contribution in [3.63, 3.8) is 0 Å². The third-order valence-corrected chi connectivity index (χ3v) is 2.34. The molecule has 4 nitrogen and oxygen atoms in total. The van der Waals surface area contributed by atoms with Crippen LogP contribution in [0.2, 0.25) is 0 Å². The molecule has 4 heteroatoms. The minimum Gasteiger partial charge on any atom is -0.507 e. The van der Waals surface area contributed by atoms with E-state index in [0.29, 0.717) is 0 Å². The van der Waals surface area contributed by atoms with Crippen molar-refractivity contribution in [3.8, 4) is 5.75 Å². The quantitative estimate of drug-likeness (QED) is 0.632. The van der Waals surface area contributed by atoms with Gasteiger partial charge in [-0.15, -0.1) is 0 Å². The normalized spacial score (nSPS) is 11.1. The molecule has 17 heavy (non-hydrogen) atoms. The van der Waals surface area contributed by atoms with E-state index in [4.69, 9.17) is 0 Å². The molecule has 0 radical (unpaired) electrons. The summed E-state index contributed by atoms with van der Waals surface area (Å²) in [7, 11) is 1.26. The minimum atomic E-state index is -0.579. The van der Waals surface area contributed by atoms with Gasteiger partial charge in [-0.2, -0.15) is 0 Å². The molecule has 0 amide bonds. The fourth-order valence-corrected chi connectivity index (χ4v) is 1.37. The average molecular weight is 236 g/mol. The summed E-state index contributed by atoms with van der Waals surface area (Å²) < 4.78 is 4.52. The zero-order valence-electron chi connectivity index (χ0n) is 10.4. The summed E-state index contributed by atoms with van der Waals surface area (Å²) >= 11 is 0. The highest BCUT2D eigenvalue weighted by atomic mass is 16.5. The van der Waals surface area contributed by atoms with Gasteiger partial charge in [0, 0.05) is 5.41 Å². The Morgan fingerprint density at radius 3 is 2.24 bits per heavy atom. The number of aromatic hydroxyl groups is 1. The third-order valence-electron chi connectivity index (χ3n) is 2.34. The number of Topliss-reactive ketones (excluding diaryl/α,β-unsaturated/α-hetero) is 1. The Morgan fingerprint density at radius 2 is 1.82 bits per heavy atom. The summed E-state index contributed by atoms with van der Waals surface area (Å²) in [6, 6.07) is 4.14. The predicted molar refractivity (Wildman–Crippen MR) is 63.2 cm³/mol. The van der Waals surface area contributed by atoms with E-state index in [1.54, 1.807) is 20.8 Å². The van der Waals surface area contributed by atoms with Gasteiger partial charge in [0.15, 0.2) is 5.78 Å². The Kier molecular flexibility index (Phi) is 3.56. The molecule has 0 fully saturated rings. The van der Waals surface area contributed by atoms with Crippen LogP contribution in [0.25, 0.3) is 0 Å². The highest BCUT2D eigenvalue weighted by Crippen LogP contribution is 2.27. The van der Waals surface area contributed by atoms with Crippen LogP contribution >= 0.6 is 0 Å². The summed E-state index contributed by atoms with van der Waals surface area (Å²) in [5, 5.41) is 9.74. The summed E-state index contributed by atoms with van der Waals surface area (Å²) in [5.74, 6) is -0.922. The molecule has 1 aromatic rings. The van der Waals surface area contributed by atoms with Crippen LogP contribution in [0.5, 0.6) is 5.75 Å². The first kappa shape index (κ1) is 13.2. The van der Waals surface area contributed by atoms with E-state index in [2.05, 4.69) is 4.74 Å². The fraction of sp³-hybridized carbons (Fsp3) is 0.385. The Labute approximate surface area is 100 Å². The molecule has 0 saturated heterocycles. The first-order valence-corrected chi connectivity index (χ1v) is 5.23. The lowest BCUT2D eigenvalue weighted by Gasteiger charge is -2.17. The van der Waals surface area contributed by atoms with Crippen molar-refractivity contribution < 1.29 is 19.4 Å². The lowest BCUT2D eigenvalue weighted by molar-refractivity contribution is 0.0599. The number of rotatable bonds is 2. The summed E-state index contributed by atoms with van der Waals surface area (Å²) in [4.78, 5) is 23.2. The molecule has 0 aliphatic rings. The lowest BCUT2D eigenvalue weighted by atomic mass is 9.86. The number of hydrogen-bond acceptors (Lipinski definition) is 4. The average Bonchev–Trinajstić information content (AvgIpc) is 2.25. The van der Waals surface area contributed by atoms with Crippen molar-refractivity contribution in [2.75, 3.05) is 7.11 Å². The van der Waals surface area contributed by atoms with E-state index in [9.17, 15) is 14.7 Å². The molecule has 0 saturated carbocycles. The van der Waals surface area contributed by atoms with Crippen molar-refractivity contribution >= 4 is 11.8 Å². The second kappa shape index (κ2) is 4.57. The number of phenols is 1. The highest BCUT2D eigenvalue weighted by Gasteiger charge is 2.25. The van der Waals surface area contributed by atoms with Crippen LogP contribution in [0.3, 0.4) is 0 Å². The zero-order valence-corrected chi connectivity index (χ0v) is 10.4. The number of methoxy groups -OCH3 is 1. The van der Waals surface area contributed by atoms with Gasteiger partial charge in [-0.25, -0.2) is 4.79 Å². The molecular weight excluding hydrogens is 220 g/mol. The first-order valence-electron chi connectivity index (χ1n) is 5.23. The van der Waals surface area contributed by atoms with Gasteiger partial charge in [0.1, 0.15) is 5.75 Å². The van der Waals surface area contributed by atoms with Crippen LogP contribution in [0.4, 0.5) is 0 Å². The van der Waals surface area contributed by atoms with Crippen molar-refractivity contribution in [1.82, 2.24) is 0 Å². The summed E-state index contributed by atoms with van der Waals surface area (Å²) in [6.07, 6.45) is 0. The van der Waals surface area contributed by atoms with Crippen LogP contribution in [0, 0.1) is 5.41 Å². The van der Waals surface area contributed by atoms with Gasteiger partial charge < -0.3 is 9.84 Å². The van der Waals surface area contributed by atoms with Gasteiger partial charge in [0.05, 0.1) is 18.2 Å². The number of carbonyl (C=O) groups excluding carboxylic acids is 2. The van der Waals surface area contributed by atoms with Crippen LogP contribution in [0.1, 0.15) is 41.5 Å². The van der Waals surface area contributed by atoms with Crippen LogP contribution in [0.15, 0.2) is 18.2 Å². The van der Waals surface area contributed by atoms with Gasteiger partial charge in [-0.1, -0.05) is 20.8 Å². The molecule has 0 bridgehead atoms. The standard InChI is InChI=1S/C13H16O4/c1-13(2,3)11(15)9-6-5-8(7-10(9)14)12(16)17-4/h5-7,14H,1-4H3. The van der Waals surface area contributed by atoms with Gasteiger partial charge in [0.25, 0.3) is 0 Å². The SMILES string of the molecule is COC(=O)c1ccc(C(=O)C(C)(C)C)c(O)c1. The molecule has 0 aliphatic carbocycles. The number of ketones is 1. The second-order valence-corrected chi connectivity index (χ2v) is 4.80. The molecular formula is C13H16O4. The van der Waals surface area contributed by atoms with Crippen molar-refractivity contribution in [2.45, 2.75) is 20.8 Å². The monoisotopic (exact) mass is 236 g/mol. The molecule has 0 aromatic heterocycles. The smallest absolute Gasteiger partial charge is 0.337 e. The van der Waals surface area contributed by atoms with Crippen molar-refractivity contribution in [2.24, 2.45) is 5.41 Å². The molecule has 0 spiro atoms. The van der Waals surface area contributed by atoms with E-state index < -0.39 is 11.4 Å². The molecule has 0 heterocycles. The van der Waals surface area contributed by atoms with Crippen molar-refractivity contribution in [3.05, 3.63) is 29.3 Å². The van der Waals surface area contributed by atoms with Gasteiger partial charge in [0.2, 0.25) is 0 Å². The van der Waals surface area contributed by atoms with Gasteiger partial charge in [-0.3, -0.25) is 4.79 Å². The zero-order chi connectivity index (χ0) is 13.2. The van der Waals surface area contributed by atoms with E-state index >= 15 is 0 Å². The largest absolute Gasteiger partial charge is 0.507 e. The van der Waals surface area contributed by atoms with Crippen LogP contribution in [-0.2, 0) is 4.74 Å². The maximum atomic E-state index is 12.0. The van der Waals surface area contributed by atoms with Gasteiger partial charge in [-0.05, 0) is 18.2 Å². The minimum absolute atomic E-state index is 0.175. The number of hydrogen-bond donors (Lipinski definition) is 1.